The maximum atomic E-state index is 5.16. The quantitative estimate of drug-likeness (QED) is 0.639. The zero-order valence-electron chi connectivity index (χ0n) is 6.55. The van der Waals surface area contributed by atoms with Gasteiger partial charge in [0.05, 0.1) is 6.10 Å². The van der Waals surface area contributed by atoms with Crippen LogP contribution in [0.4, 0.5) is 0 Å². The van der Waals surface area contributed by atoms with Gasteiger partial charge in [-0.3, -0.25) is 0 Å². The van der Waals surface area contributed by atoms with Crippen molar-refractivity contribution in [3.05, 3.63) is 21.9 Å². The number of hydrogen-bond donors (Lipinski definition) is 0. The van der Waals surface area contributed by atoms with Gasteiger partial charge in [0.1, 0.15) is 0 Å². The van der Waals surface area contributed by atoms with Crippen molar-refractivity contribution >= 4 is 11.3 Å². The third-order valence-electron chi connectivity index (χ3n) is 1.52. The zero-order valence-corrected chi connectivity index (χ0v) is 7.37. The molecular formula is C8H12OS. The summed E-state index contributed by atoms with van der Waals surface area (Å²) in [4.78, 5) is 2.65. The lowest BCUT2D eigenvalue weighted by Crippen LogP contribution is -1.90. The SMILES string of the molecule is COC(C)c1ccc(C)s1. The molecule has 0 aliphatic carbocycles. The highest BCUT2D eigenvalue weighted by molar-refractivity contribution is 7.11. The van der Waals surface area contributed by atoms with Crippen molar-refractivity contribution in [2.45, 2.75) is 20.0 Å². The minimum atomic E-state index is 0.249. The van der Waals surface area contributed by atoms with E-state index in [9.17, 15) is 0 Å². The molecule has 2 heteroatoms. The van der Waals surface area contributed by atoms with Crippen LogP contribution in [0.3, 0.4) is 0 Å². The summed E-state index contributed by atoms with van der Waals surface area (Å²) < 4.78 is 5.16. The third kappa shape index (κ3) is 1.58. The second-order valence-electron chi connectivity index (χ2n) is 2.33. The first-order valence-electron chi connectivity index (χ1n) is 3.33. The minimum Gasteiger partial charge on any atom is -0.376 e. The molecule has 0 radical (unpaired) electrons. The molecule has 1 aromatic rings. The van der Waals surface area contributed by atoms with Crippen LogP contribution in [-0.2, 0) is 4.74 Å². The van der Waals surface area contributed by atoms with Crippen molar-refractivity contribution in [2.75, 3.05) is 7.11 Å². The van der Waals surface area contributed by atoms with Gasteiger partial charge >= 0.3 is 0 Å². The van der Waals surface area contributed by atoms with E-state index in [1.165, 1.54) is 9.75 Å². The zero-order chi connectivity index (χ0) is 7.56. The minimum absolute atomic E-state index is 0.249. The van der Waals surface area contributed by atoms with Gasteiger partial charge in [0, 0.05) is 16.9 Å². The van der Waals surface area contributed by atoms with E-state index in [1.807, 2.05) is 0 Å². The van der Waals surface area contributed by atoms with Crippen molar-refractivity contribution in [3.63, 3.8) is 0 Å². The summed E-state index contributed by atoms with van der Waals surface area (Å²) in [6.45, 7) is 4.17. The summed E-state index contributed by atoms with van der Waals surface area (Å²) in [7, 11) is 1.74. The van der Waals surface area contributed by atoms with Crippen LogP contribution in [0.1, 0.15) is 22.8 Å². The average molecular weight is 156 g/mol. The van der Waals surface area contributed by atoms with Gasteiger partial charge in [0.15, 0.2) is 0 Å². The van der Waals surface area contributed by atoms with E-state index in [0.717, 1.165) is 0 Å². The summed E-state index contributed by atoms with van der Waals surface area (Å²) >= 11 is 1.80. The molecule has 0 aliphatic rings. The molecule has 10 heavy (non-hydrogen) atoms. The molecule has 0 aromatic carbocycles. The van der Waals surface area contributed by atoms with Crippen molar-refractivity contribution < 1.29 is 4.74 Å². The van der Waals surface area contributed by atoms with Gasteiger partial charge < -0.3 is 4.74 Å². The highest BCUT2D eigenvalue weighted by Gasteiger charge is 2.04. The molecule has 56 valence electrons. The van der Waals surface area contributed by atoms with E-state index in [2.05, 4.69) is 26.0 Å². The number of ether oxygens (including phenoxy) is 1. The fraction of sp³-hybridized carbons (Fsp3) is 0.500. The standard InChI is InChI=1S/C8H12OS/c1-6-4-5-8(10-6)7(2)9-3/h4-5,7H,1-3H3. The second kappa shape index (κ2) is 3.17. The van der Waals surface area contributed by atoms with E-state index in [0.29, 0.717) is 0 Å². The Morgan fingerprint density at radius 1 is 1.50 bits per heavy atom. The Bertz CT molecular complexity index is 205. The normalized spacial score (nSPS) is 13.5. The van der Waals surface area contributed by atoms with Crippen LogP contribution in [-0.4, -0.2) is 7.11 Å². The molecule has 0 fully saturated rings. The first-order valence-corrected chi connectivity index (χ1v) is 4.15. The Morgan fingerprint density at radius 2 is 2.20 bits per heavy atom. The van der Waals surface area contributed by atoms with Crippen LogP contribution >= 0.6 is 11.3 Å². The second-order valence-corrected chi connectivity index (χ2v) is 3.65. The molecule has 0 saturated carbocycles. The summed E-state index contributed by atoms with van der Waals surface area (Å²) in [5.74, 6) is 0. The van der Waals surface area contributed by atoms with Crippen molar-refractivity contribution in [3.8, 4) is 0 Å². The van der Waals surface area contributed by atoms with Crippen LogP contribution in [0.25, 0.3) is 0 Å². The third-order valence-corrected chi connectivity index (χ3v) is 2.68. The van der Waals surface area contributed by atoms with Crippen molar-refractivity contribution in [1.82, 2.24) is 0 Å². The Labute approximate surface area is 65.6 Å². The summed E-state index contributed by atoms with van der Waals surface area (Å²) in [6.07, 6.45) is 0.249. The van der Waals surface area contributed by atoms with Crippen LogP contribution in [0, 0.1) is 6.92 Å². The predicted molar refractivity (Wildman–Crippen MR) is 44.5 cm³/mol. The Balaban J connectivity index is 2.74. The highest BCUT2D eigenvalue weighted by atomic mass is 32.1. The number of aryl methyl sites for hydroxylation is 1. The molecule has 1 nitrogen and oxygen atoms in total. The molecule has 0 N–H and O–H groups in total. The lowest BCUT2D eigenvalue weighted by molar-refractivity contribution is 0.122. The van der Waals surface area contributed by atoms with Crippen molar-refractivity contribution in [1.29, 1.82) is 0 Å². The predicted octanol–water partition coefficient (Wildman–Crippen LogP) is 2.76. The van der Waals surface area contributed by atoms with Crippen LogP contribution < -0.4 is 0 Å². The molecule has 0 saturated heterocycles. The molecule has 0 bridgehead atoms. The van der Waals surface area contributed by atoms with Gasteiger partial charge in [-0.25, -0.2) is 0 Å². The monoisotopic (exact) mass is 156 g/mol. The summed E-state index contributed by atoms with van der Waals surface area (Å²) in [5.41, 5.74) is 0. The molecule has 1 atom stereocenters. The molecule has 0 aliphatic heterocycles. The molecule has 1 unspecified atom stereocenters. The largest absolute Gasteiger partial charge is 0.376 e. The molecule has 0 spiro atoms. The number of thiophene rings is 1. The smallest absolute Gasteiger partial charge is 0.0885 e. The van der Waals surface area contributed by atoms with E-state index in [1.54, 1.807) is 18.4 Å². The molecule has 0 amide bonds. The van der Waals surface area contributed by atoms with Crippen LogP contribution in [0.15, 0.2) is 12.1 Å². The Morgan fingerprint density at radius 3 is 2.60 bits per heavy atom. The molecular weight excluding hydrogens is 144 g/mol. The maximum Gasteiger partial charge on any atom is 0.0885 e. The van der Waals surface area contributed by atoms with Gasteiger partial charge in [-0.05, 0) is 26.0 Å². The molecule has 1 aromatic heterocycles. The summed E-state index contributed by atoms with van der Waals surface area (Å²) in [5, 5.41) is 0. The van der Waals surface area contributed by atoms with Gasteiger partial charge in [-0.2, -0.15) is 0 Å². The van der Waals surface area contributed by atoms with E-state index in [4.69, 9.17) is 4.74 Å². The molecule has 1 rings (SSSR count). The maximum absolute atomic E-state index is 5.16. The lowest BCUT2D eigenvalue weighted by atomic mass is 10.3. The van der Waals surface area contributed by atoms with Crippen molar-refractivity contribution in [2.24, 2.45) is 0 Å². The number of hydrogen-bond acceptors (Lipinski definition) is 2. The number of rotatable bonds is 2. The lowest BCUT2D eigenvalue weighted by Gasteiger charge is -2.04. The van der Waals surface area contributed by atoms with Gasteiger partial charge in [0.2, 0.25) is 0 Å². The fourth-order valence-electron chi connectivity index (χ4n) is 0.788. The van der Waals surface area contributed by atoms with Crippen LogP contribution in [0.2, 0.25) is 0 Å². The Hall–Kier alpha value is -0.340. The highest BCUT2D eigenvalue weighted by Crippen LogP contribution is 2.23. The first kappa shape index (κ1) is 7.76. The van der Waals surface area contributed by atoms with E-state index >= 15 is 0 Å². The van der Waals surface area contributed by atoms with E-state index in [-0.39, 0.29) is 6.10 Å². The first-order chi connectivity index (χ1) is 4.74. The van der Waals surface area contributed by atoms with Crippen LogP contribution in [0.5, 0.6) is 0 Å². The van der Waals surface area contributed by atoms with E-state index < -0.39 is 0 Å². The Kier molecular flexibility index (Phi) is 2.46. The number of methoxy groups -OCH3 is 1. The average Bonchev–Trinajstić information content (AvgIpc) is 2.34. The summed E-state index contributed by atoms with van der Waals surface area (Å²) in [6, 6.07) is 4.24. The topological polar surface area (TPSA) is 9.23 Å². The molecule has 1 heterocycles. The van der Waals surface area contributed by atoms with Gasteiger partial charge in [-0.1, -0.05) is 0 Å². The fourth-order valence-corrected chi connectivity index (χ4v) is 1.69. The van der Waals surface area contributed by atoms with Gasteiger partial charge in [-0.15, -0.1) is 11.3 Å². The van der Waals surface area contributed by atoms with Gasteiger partial charge in [0.25, 0.3) is 0 Å².